The quantitative estimate of drug-likeness (QED) is 0.773. The van der Waals surface area contributed by atoms with Crippen molar-refractivity contribution in [3.8, 4) is 23.0 Å². The van der Waals surface area contributed by atoms with Crippen LogP contribution in [0, 0.1) is 0 Å². The summed E-state index contributed by atoms with van der Waals surface area (Å²) in [5.74, 6) is 2.02. The Hall–Kier alpha value is -2.53. The van der Waals surface area contributed by atoms with Crippen molar-refractivity contribution in [1.29, 1.82) is 0 Å². The zero-order valence-electron chi connectivity index (χ0n) is 10.6. The van der Waals surface area contributed by atoms with Crippen LogP contribution in [-0.2, 0) is 6.54 Å². The molecule has 0 unspecified atom stereocenters. The Labute approximate surface area is 114 Å². The van der Waals surface area contributed by atoms with Gasteiger partial charge in [-0.2, -0.15) is 0 Å². The molecule has 2 heterocycles. The van der Waals surface area contributed by atoms with E-state index in [1.165, 1.54) is 0 Å². The van der Waals surface area contributed by atoms with Crippen molar-refractivity contribution < 1.29 is 13.9 Å². The Morgan fingerprint density at radius 1 is 1.05 bits per heavy atom. The summed E-state index contributed by atoms with van der Waals surface area (Å²) in [4.78, 5) is 4.50. The van der Waals surface area contributed by atoms with Crippen LogP contribution in [0.15, 0.2) is 40.8 Å². The molecular weight excluding hydrogens is 256 g/mol. The van der Waals surface area contributed by atoms with E-state index in [0.29, 0.717) is 18.2 Å². The third-order valence-electron chi connectivity index (χ3n) is 3.31. The van der Waals surface area contributed by atoms with Crippen LogP contribution in [0.1, 0.15) is 5.56 Å². The van der Waals surface area contributed by atoms with Crippen molar-refractivity contribution >= 4 is 11.1 Å². The summed E-state index contributed by atoms with van der Waals surface area (Å²) in [6.07, 6.45) is 0. The number of oxazole rings is 1. The van der Waals surface area contributed by atoms with Gasteiger partial charge < -0.3 is 19.6 Å². The molecule has 0 spiro atoms. The van der Waals surface area contributed by atoms with Crippen LogP contribution < -0.4 is 15.2 Å². The maximum Gasteiger partial charge on any atom is 0.231 e. The molecule has 0 radical (unpaired) electrons. The fourth-order valence-electron chi connectivity index (χ4n) is 2.25. The summed E-state index contributed by atoms with van der Waals surface area (Å²) < 4.78 is 16.4. The number of ether oxygens (including phenoxy) is 2. The normalized spacial score (nSPS) is 13.1. The van der Waals surface area contributed by atoms with Crippen LogP contribution in [0.4, 0.5) is 0 Å². The standard InChI is InChI=1S/C15H12N2O3/c16-7-9-1-3-12-11(5-9)17-15(20-12)10-2-4-13-14(6-10)19-8-18-13/h1-6H,7-8,16H2. The molecule has 1 aromatic heterocycles. The van der Waals surface area contributed by atoms with Crippen LogP contribution in [0.25, 0.3) is 22.6 Å². The number of nitrogens with two attached hydrogens (primary N) is 1. The number of hydrogen-bond acceptors (Lipinski definition) is 5. The van der Waals surface area contributed by atoms with Crippen LogP contribution in [-0.4, -0.2) is 11.8 Å². The van der Waals surface area contributed by atoms with E-state index < -0.39 is 0 Å². The summed E-state index contributed by atoms with van der Waals surface area (Å²) in [5, 5.41) is 0. The highest BCUT2D eigenvalue weighted by molar-refractivity contribution is 5.77. The molecule has 4 rings (SSSR count). The molecule has 0 fully saturated rings. The SMILES string of the molecule is NCc1ccc2oc(-c3ccc4c(c3)OCO4)nc2c1. The summed E-state index contributed by atoms with van der Waals surface area (Å²) in [5.41, 5.74) is 9.07. The fourth-order valence-corrected chi connectivity index (χ4v) is 2.25. The maximum absolute atomic E-state index is 5.77. The molecule has 2 N–H and O–H groups in total. The average molecular weight is 268 g/mol. The number of fused-ring (bicyclic) bond motifs is 2. The molecule has 20 heavy (non-hydrogen) atoms. The van der Waals surface area contributed by atoms with E-state index in [1.54, 1.807) is 0 Å². The number of rotatable bonds is 2. The first-order valence-electron chi connectivity index (χ1n) is 6.33. The van der Waals surface area contributed by atoms with Gasteiger partial charge in [0, 0.05) is 12.1 Å². The predicted octanol–water partition coefficient (Wildman–Crippen LogP) is 2.68. The molecule has 2 aromatic carbocycles. The number of aromatic nitrogens is 1. The van der Waals surface area contributed by atoms with Crippen LogP contribution in [0.2, 0.25) is 0 Å². The minimum atomic E-state index is 0.256. The molecule has 5 nitrogen and oxygen atoms in total. The summed E-state index contributed by atoms with van der Waals surface area (Å²) in [6, 6.07) is 11.4. The van der Waals surface area contributed by atoms with Crippen LogP contribution in [0.3, 0.4) is 0 Å². The van der Waals surface area contributed by atoms with E-state index in [9.17, 15) is 0 Å². The number of nitrogens with zero attached hydrogens (tertiary/aromatic N) is 1. The van der Waals surface area contributed by atoms with Gasteiger partial charge in [0.2, 0.25) is 12.7 Å². The molecule has 0 saturated heterocycles. The van der Waals surface area contributed by atoms with Gasteiger partial charge in [0.1, 0.15) is 5.52 Å². The van der Waals surface area contributed by atoms with Gasteiger partial charge in [-0.1, -0.05) is 6.07 Å². The molecule has 5 heteroatoms. The van der Waals surface area contributed by atoms with Crippen molar-refractivity contribution in [3.05, 3.63) is 42.0 Å². The zero-order valence-corrected chi connectivity index (χ0v) is 10.6. The van der Waals surface area contributed by atoms with E-state index in [0.717, 1.165) is 28.0 Å². The summed E-state index contributed by atoms with van der Waals surface area (Å²) >= 11 is 0. The number of hydrogen-bond donors (Lipinski definition) is 1. The molecule has 100 valence electrons. The van der Waals surface area contributed by atoms with Gasteiger partial charge in [-0.25, -0.2) is 4.98 Å². The lowest BCUT2D eigenvalue weighted by Gasteiger charge is -1.98. The highest BCUT2D eigenvalue weighted by atomic mass is 16.7. The van der Waals surface area contributed by atoms with E-state index in [2.05, 4.69) is 4.98 Å². The summed E-state index contributed by atoms with van der Waals surface area (Å²) in [6.45, 7) is 0.744. The predicted molar refractivity (Wildman–Crippen MR) is 73.5 cm³/mol. The highest BCUT2D eigenvalue weighted by Crippen LogP contribution is 2.36. The molecule has 0 aliphatic carbocycles. The smallest absolute Gasteiger partial charge is 0.231 e. The van der Waals surface area contributed by atoms with Crippen LogP contribution in [0.5, 0.6) is 11.5 Å². The molecule has 1 aliphatic heterocycles. The monoisotopic (exact) mass is 268 g/mol. The molecule has 0 atom stereocenters. The van der Waals surface area contributed by atoms with Gasteiger partial charge >= 0.3 is 0 Å². The topological polar surface area (TPSA) is 70.5 Å². The van der Waals surface area contributed by atoms with Gasteiger partial charge in [-0.05, 0) is 35.9 Å². The van der Waals surface area contributed by atoms with Crippen molar-refractivity contribution in [3.63, 3.8) is 0 Å². The van der Waals surface area contributed by atoms with Crippen molar-refractivity contribution in [2.24, 2.45) is 5.73 Å². The van der Waals surface area contributed by atoms with Gasteiger partial charge in [-0.3, -0.25) is 0 Å². The second-order valence-electron chi connectivity index (χ2n) is 4.59. The second-order valence-corrected chi connectivity index (χ2v) is 4.59. The Bertz CT molecular complexity index is 795. The Balaban J connectivity index is 1.81. The molecule has 1 aliphatic rings. The lowest BCUT2D eigenvalue weighted by atomic mass is 10.2. The maximum atomic E-state index is 5.77. The zero-order chi connectivity index (χ0) is 13.5. The number of benzene rings is 2. The Morgan fingerprint density at radius 3 is 2.85 bits per heavy atom. The second kappa shape index (κ2) is 4.25. The molecule has 0 amide bonds. The van der Waals surface area contributed by atoms with Gasteiger partial charge in [0.25, 0.3) is 0 Å². The Morgan fingerprint density at radius 2 is 1.95 bits per heavy atom. The van der Waals surface area contributed by atoms with Crippen molar-refractivity contribution in [1.82, 2.24) is 4.98 Å². The molecule has 0 bridgehead atoms. The minimum Gasteiger partial charge on any atom is -0.454 e. The van der Waals surface area contributed by atoms with E-state index >= 15 is 0 Å². The van der Waals surface area contributed by atoms with Crippen molar-refractivity contribution in [2.45, 2.75) is 6.54 Å². The highest BCUT2D eigenvalue weighted by Gasteiger charge is 2.16. The van der Waals surface area contributed by atoms with Gasteiger partial charge in [-0.15, -0.1) is 0 Å². The average Bonchev–Trinajstić information content (AvgIpc) is 3.11. The third kappa shape index (κ3) is 1.71. The minimum absolute atomic E-state index is 0.256. The molecule has 3 aromatic rings. The van der Waals surface area contributed by atoms with E-state index in [1.807, 2.05) is 36.4 Å². The van der Waals surface area contributed by atoms with Crippen molar-refractivity contribution in [2.75, 3.05) is 6.79 Å². The molecular formula is C15H12N2O3. The first kappa shape index (κ1) is 11.3. The van der Waals surface area contributed by atoms with Crippen LogP contribution >= 0.6 is 0 Å². The largest absolute Gasteiger partial charge is 0.454 e. The van der Waals surface area contributed by atoms with Gasteiger partial charge in [0.15, 0.2) is 17.1 Å². The fraction of sp³-hybridized carbons (Fsp3) is 0.133. The van der Waals surface area contributed by atoms with E-state index in [4.69, 9.17) is 19.6 Å². The molecule has 0 saturated carbocycles. The third-order valence-corrected chi connectivity index (χ3v) is 3.31. The Kier molecular flexibility index (Phi) is 2.40. The van der Waals surface area contributed by atoms with E-state index in [-0.39, 0.29) is 6.79 Å². The first-order chi connectivity index (χ1) is 9.83. The first-order valence-corrected chi connectivity index (χ1v) is 6.33. The van der Waals surface area contributed by atoms with Gasteiger partial charge in [0.05, 0.1) is 0 Å². The summed E-state index contributed by atoms with van der Waals surface area (Å²) in [7, 11) is 0. The lowest BCUT2D eigenvalue weighted by Crippen LogP contribution is -1.94. The lowest BCUT2D eigenvalue weighted by molar-refractivity contribution is 0.174.